The highest BCUT2D eigenvalue weighted by molar-refractivity contribution is 7.80. The van der Waals surface area contributed by atoms with Crippen LogP contribution in [0.3, 0.4) is 0 Å². The van der Waals surface area contributed by atoms with Crippen molar-refractivity contribution in [3.63, 3.8) is 0 Å². The highest BCUT2D eigenvalue weighted by atomic mass is 32.3. The van der Waals surface area contributed by atoms with Crippen molar-refractivity contribution in [1.29, 1.82) is 0 Å². The van der Waals surface area contributed by atoms with E-state index in [2.05, 4.69) is 4.18 Å². The first-order valence-corrected chi connectivity index (χ1v) is 11.6. The minimum Gasteiger partial charge on any atom is -0.504 e. The molecule has 1 fully saturated rings. The van der Waals surface area contributed by atoms with E-state index in [9.17, 15) is 63.4 Å². The number of hydrogen-bond donors (Lipinski definition) is 9. The van der Waals surface area contributed by atoms with Gasteiger partial charge in [0.05, 0.1) is 11.1 Å². The smallest absolute Gasteiger partial charge is 0.397 e. The van der Waals surface area contributed by atoms with Crippen molar-refractivity contribution in [2.75, 3.05) is 6.61 Å². The largest absolute Gasteiger partial charge is 0.504 e. The van der Waals surface area contributed by atoms with Crippen LogP contribution in [0.15, 0.2) is 12.1 Å². The van der Waals surface area contributed by atoms with Gasteiger partial charge >= 0.3 is 22.3 Å². The number of aliphatic hydroxyl groups is 2. The zero-order chi connectivity index (χ0) is 28.3. The molecule has 2 bridgehead atoms. The van der Waals surface area contributed by atoms with E-state index in [1.807, 2.05) is 0 Å². The molecular weight excluding hydrogens is 544 g/mol. The molecule has 5 atom stereocenters. The first-order valence-electron chi connectivity index (χ1n) is 10.2. The average Bonchev–Trinajstić information content (AvgIpc) is 2.83. The molecular formula is C20H18O17S. The summed E-state index contributed by atoms with van der Waals surface area (Å²) in [5, 5.41) is 81.6. The van der Waals surface area contributed by atoms with Gasteiger partial charge in [-0.25, -0.2) is 13.8 Å². The number of carbonyl (C=O) groups excluding carboxylic acids is 2. The van der Waals surface area contributed by atoms with E-state index < -0.39 is 116 Å². The Morgan fingerprint density at radius 2 is 1.32 bits per heavy atom. The van der Waals surface area contributed by atoms with Gasteiger partial charge in [-0.05, 0) is 12.1 Å². The van der Waals surface area contributed by atoms with Crippen LogP contribution in [0.4, 0.5) is 0 Å². The first-order chi connectivity index (χ1) is 17.6. The molecule has 0 aromatic heterocycles. The van der Waals surface area contributed by atoms with E-state index in [1.165, 1.54) is 0 Å². The van der Waals surface area contributed by atoms with E-state index >= 15 is 0 Å². The van der Waals surface area contributed by atoms with Gasteiger partial charge in [0.2, 0.25) is 11.5 Å². The van der Waals surface area contributed by atoms with Crippen molar-refractivity contribution in [2.45, 2.75) is 30.7 Å². The van der Waals surface area contributed by atoms with Crippen LogP contribution in [0.5, 0.6) is 34.5 Å². The number of cyclic esters (lactones) is 1. The van der Waals surface area contributed by atoms with Gasteiger partial charge in [0.15, 0.2) is 35.4 Å². The monoisotopic (exact) mass is 562 g/mol. The predicted octanol–water partition coefficient (Wildman–Crippen LogP) is -1.45. The molecule has 9 N–H and O–H groups in total. The number of hydrogen-bond acceptors (Lipinski definition) is 16. The molecule has 2 aliphatic rings. The van der Waals surface area contributed by atoms with Gasteiger partial charge in [0.25, 0.3) is 0 Å². The maximum atomic E-state index is 13.2. The third kappa shape index (κ3) is 4.55. The van der Waals surface area contributed by atoms with Gasteiger partial charge in [0, 0.05) is 11.1 Å². The van der Waals surface area contributed by atoms with Crippen molar-refractivity contribution in [2.24, 2.45) is 0 Å². The van der Waals surface area contributed by atoms with Crippen LogP contribution in [0.2, 0.25) is 0 Å². The minimum atomic E-state index is -5.36. The standard InChI is InChI=1S/C20H18O17S/c21-6-1-4-9(13(25)11(6)23)10-5(2-7(22)12(24)14(10)26)19(29)36-17-15(27)20(30)35-8(3-34-18(4)28)16(17)37-38(31,32)33/h1-2,8,15-17,20-27,30H,3H2,(H,31,32,33). The summed E-state index contributed by atoms with van der Waals surface area (Å²) in [6, 6.07) is 1.00. The molecule has 0 radical (unpaired) electrons. The Kier molecular flexibility index (Phi) is 6.64. The van der Waals surface area contributed by atoms with Crippen molar-refractivity contribution in [3.8, 4) is 45.6 Å². The molecule has 0 aliphatic carbocycles. The number of aromatic hydroxyl groups is 6. The third-order valence-electron chi connectivity index (χ3n) is 5.69. The normalized spacial score (nSPS) is 25.7. The molecule has 206 valence electrons. The SMILES string of the molecule is O=C1OCC2OC(O)C(O)C(OC(=O)c3cc(O)c(O)c(O)c3-c3c1cc(O)c(O)c3O)C2OS(=O)(=O)O. The lowest BCUT2D eigenvalue weighted by Crippen LogP contribution is -2.61. The number of rotatable bonds is 2. The van der Waals surface area contributed by atoms with E-state index in [4.69, 9.17) is 14.2 Å². The molecule has 4 rings (SSSR count). The molecule has 2 aromatic rings. The molecule has 0 amide bonds. The summed E-state index contributed by atoms with van der Waals surface area (Å²) >= 11 is 0. The highest BCUT2D eigenvalue weighted by Crippen LogP contribution is 2.52. The average molecular weight is 562 g/mol. The van der Waals surface area contributed by atoms with E-state index in [1.54, 1.807) is 0 Å². The molecule has 38 heavy (non-hydrogen) atoms. The summed E-state index contributed by atoms with van der Waals surface area (Å²) in [4.78, 5) is 26.2. The van der Waals surface area contributed by atoms with Crippen LogP contribution in [-0.2, 0) is 28.8 Å². The Bertz CT molecular complexity index is 1430. The van der Waals surface area contributed by atoms with Crippen LogP contribution in [0.25, 0.3) is 11.1 Å². The Labute approximate surface area is 210 Å². The first kappa shape index (κ1) is 27.0. The number of aliphatic hydroxyl groups excluding tert-OH is 2. The molecule has 0 saturated carbocycles. The quantitative estimate of drug-likeness (QED) is 0.115. The lowest BCUT2D eigenvalue weighted by molar-refractivity contribution is -0.281. The van der Waals surface area contributed by atoms with Gasteiger partial charge in [-0.3, -0.25) is 4.55 Å². The molecule has 17 nitrogen and oxygen atoms in total. The Hall–Kier alpha value is -4.07. The molecule has 18 heteroatoms. The van der Waals surface area contributed by atoms with Gasteiger partial charge in [-0.15, -0.1) is 0 Å². The van der Waals surface area contributed by atoms with Crippen molar-refractivity contribution < 1.29 is 81.8 Å². The second-order valence-electron chi connectivity index (χ2n) is 8.04. The number of fused-ring (bicyclic) bond motifs is 5. The van der Waals surface area contributed by atoms with E-state index in [-0.39, 0.29) is 0 Å². The molecule has 5 unspecified atom stereocenters. The number of carbonyl (C=O) groups is 2. The number of benzene rings is 2. The van der Waals surface area contributed by atoms with Crippen LogP contribution in [0, 0.1) is 0 Å². The third-order valence-corrected chi connectivity index (χ3v) is 6.15. The summed E-state index contributed by atoms with van der Waals surface area (Å²) in [5.41, 5.74) is -3.68. The second kappa shape index (κ2) is 9.35. The highest BCUT2D eigenvalue weighted by Gasteiger charge is 2.51. The summed E-state index contributed by atoms with van der Waals surface area (Å²) in [7, 11) is -5.36. The predicted molar refractivity (Wildman–Crippen MR) is 115 cm³/mol. The van der Waals surface area contributed by atoms with Crippen LogP contribution in [0.1, 0.15) is 20.7 Å². The molecule has 0 spiro atoms. The van der Waals surface area contributed by atoms with Crippen molar-refractivity contribution >= 4 is 22.3 Å². The topological polar surface area (TPSA) is 287 Å². The molecule has 2 heterocycles. The number of ether oxygens (including phenoxy) is 3. The van der Waals surface area contributed by atoms with Crippen LogP contribution in [-0.4, -0.2) is 103 Å². The Morgan fingerprint density at radius 1 is 0.816 bits per heavy atom. The van der Waals surface area contributed by atoms with Gasteiger partial charge < -0.3 is 55.1 Å². The van der Waals surface area contributed by atoms with E-state index in [0.717, 1.165) is 0 Å². The van der Waals surface area contributed by atoms with Crippen LogP contribution >= 0.6 is 0 Å². The molecule has 2 aliphatic heterocycles. The maximum Gasteiger partial charge on any atom is 0.397 e. The zero-order valence-corrected chi connectivity index (χ0v) is 19.3. The second-order valence-corrected chi connectivity index (χ2v) is 9.09. The van der Waals surface area contributed by atoms with Crippen molar-refractivity contribution in [1.82, 2.24) is 0 Å². The van der Waals surface area contributed by atoms with Crippen LogP contribution < -0.4 is 0 Å². The molecule has 1 saturated heterocycles. The lowest BCUT2D eigenvalue weighted by Gasteiger charge is -2.41. The summed E-state index contributed by atoms with van der Waals surface area (Å²) in [6.07, 6.45) is -10.6. The fourth-order valence-electron chi connectivity index (χ4n) is 3.97. The number of esters is 2. The van der Waals surface area contributed by atoms with E-state index in [0.29, 0.717) is 12.1 Å². The minimum absolute atomic E-state index is 0.467. The summed E-state index contributed by atoms with van der Waals surface area (Å²) in [6.45, 7) is -1.03. The van der Waals surface area contributed by atoms with Gasteiger partial charge in [-0.2, -0.15) is 8.42 Å². The lowest BCUT2D eigenvalue weighted by atomic mass is 9.91. The Morgan fingerprint density at radius 3 is 1.82 bits per heavy atom. The maximum absolute atomic E-state index is 13.2. The number of phenols is 6. The van der Waals surface area contributed by atoms with Gasteiger partial charge in [-0.1, -0.05) is 0 Å². The van der Waals surface area contributed by atoms with Crippen molar-refractivity contribution in [3.05, 3.63) is 23.3 Å². The fourth-order valence-corrected chi connectivity index (χ4v) is 4.49. The zero-order valence-electron chi connectivity index (χ0n) is 18.4. The summed E-state index contributed by atoms with van der Waals surface area (Å²) in [5.74, 6) is -10.5. The molecule has 2 aromatic carbocycles. The van der Waals surface area contributed by atoms with Gasteiger partial charge in [0.1, 0.15) is 24.9 Å². The Balaban J connectivity index is 2.03. The number of phenolic OH excluding ortho intramolecular Hbond substituents is 6. The summed E-state index contributed by atoms with van der Waals surface area (Å²) < 4.78 is 51.6. The fraction of sp³-hybridized carbons (Fsp3) is 0.300.